The van der Waals surface area contributed by atoms with Crippen molar-refractivity contribution < 1.29 is 15.0 Å². The summed E-state index contributed by atoms with van der Waals surface area (Å²) in [6, 6.07) is 6.93. The third-order valence-corrected chi connectivity index (χ3v) is 3.36. The quantitative estimate of drug-likeness (QED) is 0.856. The first-order chi connectivity index (χ1) is 8.46. The maximum atomic E-state index is 10.7. The Balaban J connectivity index is 1.99. The Morgan fingerprint density at radius 2 is 2.06 bits per heavy atom. The lowest BCUT2D eigenvalue weighted by molar-refractivity contribution is -0.0181. The Morgan fingerprint density at radius 1 is 1.39 bits per heavy atom. The predicted octanol–water partition coefficient (Wildman–Crippen LogP) is 1.73. The zero-order valence-corrected chi connectivity index (χ0v) is 10.6. The molecule has 1 heterocycles. The lowest BCUT2D eigenvalue weighted by atomic mass is 9.95. The van der Waals surface area contributed by atoms with Gasteiger partial charge in [-0.1, -0.05) is 12.1 Å². The van der Waals surface area contributed by atoms with Crippen LogP contribution in [0.2, 0.25) is 0 Å². The number of likely N-dealkylation sites (tertiary alicyclic amines) is 1. The lowest BCUT2D eigenvalue weighted by Gasteiger charge is -2.36. The van der Waals surface area contributed by atoms with E-state index in [4.69, 9.17) is 5.11 Å². The van der Waals surface area contributed by atoms with Crippen LogP contribution in [0.25, 0.3) is 0 Å². The van der Waals surface area contributed by atoms with E-state index < -0.39 is 11.6 Å². The minimum absolute atomic E-state index is 0.310. The molecule has 4 nitrogen and oxygen atoms in total. The number of benzene rings is 1. The monoisotopic (exact) mass is 249 g/mol. The van der Waals surface area contributed by atoms with Crippen molar-refractivity contribution in [2.24, 2.45) is 0 Å². The van der Waals surface area contributed by atoms with Gasteiger partial charge in [-0.05, 0) is 44.0 Å². The Bertz CT molecular complexity index is 425. The van der Waals surface area contributed by atoms with Gasteiger partial charge in [-0.15, -0.1) is 0 Å². The zero-order valence-electron chi connectivity index (χ0n) is 10.6. The molecule has 1 fully saturated rings. The predicted molar refractivity (Wildman–Crippen MR) is 68.5 cm³/mol. The van der Waals surface area contributed by atoms with Crippen LogP contribution in [0.4, 0.5) is 0 Å². The number of hydrogen-bond acceptors (Lipinski definition) is 3. The normalized spacial score (nSPS) is 25.0. The second-order valence-electron chi connectivity index (χ2n) is 5.31. The highest BCUT2D eigenvalue weighted by atomic mass is 16.4. The molecule has 1 atom stereocenters. The van der Waals surface area contributed by atoms with E-state index in [1.165, 1.54) is 0 Å². The van der Waals surface area contributed by atoms with Crippen molar-refractivity contribution in [2.45, 2.75) is 31.9 Å². The van der Waals surface area contributed by atoms with Gasteiger partial charge in [-0.2, -0.15) is 0 Å². The second-order valence-corrected chi connectivity index (χ2v) is 5.31. The van der Waals surface area contributed by atoms with Gasteiger partial charge in [0, 0.05) is 13.1 Å². The maximum absolute atomic E-state index is 10.7. The fraction of sp³-hybridized carbons (Fsp3) is 0.500. The molecule has 98 valence electrons. The van der Waals surface area contributed by atoms with Crippen molar-refractivity contribution in [2.75, 3.05) is 13.1 Å². The van der Waals surface area contributed by atoms with Crippen molar-refractivity contribution in [3.8, 4) is 0 Å². The van der Waals surface area contributed by atoms with E-state index in [-0.39, 0.29) is 0 Å². The highest BCUT2D eigenvalue weighted by Crippen LogP contribution is 2.21. The van der Waals surface area contributed by atoms with E-state index in [0.29, 0.717) is 12.1 Å². The molecule has 1 aliphatic rings. The molecule has 2 rings (SSSR count). The molecule has 4 heteroatoms. The molecule has 0 amide bonds. The van der Waals surface area contributed by atoms with Crippen LogP contribution in [0.15, 0.2) is 24.3 Å². The zero-order chi connectivity index (χ0) is 13.2. The molecule has 1 aromatic rings. The van der Waals surface area contributed by atoms with E-state index in [9.17, 15) is 9.90 Å². The number of aliphatic hydroxyl groups is 1. The molecule has 0 saturated carbocycles. The number of aromatic carboxylic acids is 1. The summed E-state index contributed by atoms with van der Waals surface area (Å²) in [5.41, 5.74) is 0.793. The smallest absolute Gasteiger partial charge is 0.335 e. The summed E-state index contributed by atoms with van der Waals surface area (Å²) in [5.74, 6) is -0.901. The van der Waals surface area contributed by atoms with Crippen LogP contribution in [-0.2, 0) is 6.54 Å². The van der Waals surface area contributed by atoms with Gasteiger partial charge in [0.1, 0.15) is 0 Å². The van der Waals surface area contributed by atoms with Gasteiger partial charge in [0.25, 0.3) is 0 Å². The van der Waals surface area contributed by atoms with Gasteiger partial charge in [0.2, 0.25) is 0 Å². The van der Waals surface area contributed by atoms with Crippen molar-refractivity contribution in [1.29, 1.82) is 0 Å². The molecule has 0 aliphatic carbocycles. The van der Waals surface area contributed by atoms with Gasteiger partial charge in [0.15, 0.2) is 0 Å². The van der Waals surface area contributed by atoms with Gasteiger partial charge in [-0.3, -0.25) is 4.90 Å². The lowest BCUT2D eigenvalue weighted by Crippen LogP contribution is -2.45. The topological polar surface area (TPSA) is 60.8 Å². The Hall–Kier alpha value is -1.39. The first-order valence-corrected chi connectivity index (χ1v) is 6.23. The Morgan fingerprint density at radius 3 is 2.61 bits per heavy atom. The highest BCUT2D eigenvalue weighted by Gasteiger charge is 2.28. The number of carboxylic acid groups (broad SMARTS) is 1. The summed E-state index contributed by atoms with van der Waals surface area (Å²) in [6.07, 6.45) is 1.85. The summed E-state index contributed by atoms with van der Waals surface area (Å²) >= 11 is 0. The number of hydrogen-bond donors (Lipinski definition) is 2. The average Bonchev–Trinajstić information content (AvgIpc) is 2.28. The molecule has 2 N–H and O–H groups in total. The molecule has 0 bridgehead atoms. The molecular formula is C14H19NO3. The standard InChI is InChI=1S/C14H19NO3/c1-14(18)7-2-8-15(10-14)9-11-3-5-12(6-4-11)13(16)17/h3-6,18H,2,7-10H2,1H3,(H,16,17). The summed E-state index contributed by atoms with van der Waals surface area (Å²) < 4.78 is 0. The van der Waals surface area contributed by atoms with Crippen molar-refractivity contribution in [3.63, 3.8) is 0 Å². The minimum Gasteiger partial charge on any atom is -0.478 e. The first kappa shape index (κ1) is 13.1. The van der Waals surface area contributed by atoms with Crippen LogP contribution in [0, 0.1) is 0 Å². The number of carbonyl (C=O) groups is 1. The Kier molecular flexibility index (Phi) is 3.68. The number of rotatable bonds is 3. The van der Waals surface area contributed by atoms with Crippen LogP contribution < -0.4 is 0 Å². The summed E-state index contributed by atoms with van der Waals surface area (Å²) in [4.78, 5) is 13.0. The molecule has 18 heavy (non-hydrogen) atoms. The van der Waals surface area contributed by atoms with E-state index >= 15 is 0 Å². The molecule has 0 radical (unpaired) electrons. The Labute approximate surface area is 107 Å². The van der Waals surface area contributed by atoms with Gasteiger partial charge < -0.3 is 10.2 Å². The van der Waals surface area contributed by atoms with E-state index in [1.807, 2.05) is 19.1 Å². The number of carboxylic acids is 1. The van der Waals surface area contributed by atoms with Crippen molar-refractivity contribution in [1.82, 2.24) is 4.90 Å². The van der Waals surface area contributed by atoms with Gasteiger partial charge in [0.05, 0.1) is 11.2 Å². The average molecular weight is 249 g/mol. The highest BCUT2D eigenvalue weighted by molar-refractivity contribution is 5.87. The summed E-state index contributed by atoms with van der Waals surface area (Å²) in [5, 5.41) is 18.8. The molecule has 0 spiro atoms. The fourth-order valence-electron chi connectivity index (χ4n) is 2.47. The molecule has 1 aliphatic heterocycles. The fourth-order valence-corrected chi connectivity index (χ4v) is 2.47. The van der Waals surface area contributed by atoms with Crippen LogP contribution in [0.5, 0.6) is 0 Å². The number of β-amino-alcohol motifs (C(OH)–C–C–N with tert-alkyl or cyclic N) is 1. The molecule has 1 aromatic carbocycles. The van der Waals surface area contributed by atoms with Crippen molar-refractivity contribution in [3.05, 3.63) is 35.4 Å². The number of nitrogens with zero attached hydrogens (tertiary/aromatic N) is 1. The summed E-state index contributed by atoms with van der Waals surface area (Å²) in [6.45, 7) is 4.28. The second kappa shape index (κ2) is 5.08. The van der Waals surface area contributed by atoms with Crippen LogP contribution in [-0.4, -0.2) is 39.8 Å². The molecule has 1 saturated heterocycles. The first-order valence-electron chi connectivity index (χ1n) is 6.23. The number of piperidine rings is 1. The van der Waals surface area contributed by atoms with Crippen LogP contribution in [0.1, 0.15) is 35.7 Å². The molecule has 0 aromatic heterocycles. The maximum Gasteiger partial charge on any atom is 0.335 e. The van der Waals surface area contributed by atoms with Crippen LogP contribution >= 0.6 is 0 Å². The largest absolute Gasteiger partial charge is 0.478 e. The van der Waals surface area contributed by atoms with Crippen molar-refractivity contribution >= 4 is 5.97 Å². The summed E-state index contributed by atoms with van der Waals surface area (Å²) in [7, 11) is 0. The van der Waals surface area contributed by atoms with E-state index in [2.05, 4.69) is 4.90 Å². The van der Waals surface area contributed by atoms with E-state index in [1.54, 1.807) is 12.1 Å². The molecular weight excluding hydrogens is 230 g/mol. The third-order valence-electron chi connectivity index (χ3n) is 3.36. The van der Waals surface area contributed by atoms with E-state index in [0.717, 1.165) is 31.5 Å². The van der Waals surface area contributed by atoms with Gasteiger partial charge in [-0.25, -0.2) is 4.79 Å². The molecule has 1 unspecified atom stereocenters. The van der Waals surface area contributed by atoms with Gasteiger partial charge >= 0.3 is 5.97 Å². The minimum atomic E-state index is -0.901. The SMILES string of the molecule is CC1(O)CCCN(Cc2ccc(C(=O)O)cc2)C1. The van der Waals surface area contributed by atoms with Crippen LogP contribution in [0.3, 0.4) is 0 Å². The third kappa shape index (κ3) is 3.31.